The molecule has 1 fully saturated rings. The molecule has 176 valence electrons. The average molecular weight is 447 g/mol. The van der Waals surface area contributed by atoms with Gasteiger partial charge in [-0.25, -0.2) is 4.79 Å². The largest absolute Gasteiger partial charge is 0.481 e. The maximum Gasteiger partial charge on any atom is 0.328 e. The molecule has 1 aromatic rings. The minimum Gasteiger partial charge on any atom is -0.481 e. The van der Waals surface area contributed by atoms with Crippen molar-refractivity contribution in [2.45, 2.75) is 89.6 Å². The van der Waals surface area contributed by atoms with Gasteiger partial charge in [0, 0.05) is 12.2 Å². The first kappa shape index (κ1) is 24.0. The van der Waals surface area contributed by atoms with Gasteiger partial charge in [-0.1, -0.05) is 32.1 Å². The van der Waals surface area contributed by atoms with Crippen molar-refractivity contribution in [3.8, 4) is 0 Å². The summed E-state index contributed by atoms with van der Waals surface area (Å²) in [5.74, 6) is -2.40. The van der Waals surface area contributed by atoms with Crippen molar-refractivity contribution in [3.63, 3.8) is 0 Å². The van der Waals surface area contributed by atoms with E-state index in [-0.39, 0.29) is 11.1 Å². The van der Waals surface area contributed by atoms with Crippen molar-refractivity contribution in [3.05, 3.63) is 33.2 Å². The van der Waals surface area contributed by atoms with Gasteiger partial charge in [0.25, 0.3) is 11.5 Å². The predicted octanol–water partition coefficient (Wildman–Crippen LogP) is 2.83. The van der Waals surface area contributed by atoms with Gasteiger partial charge in [-0.05, 0) is 56.1 Å². The lowest BCUT2D eigenvalue weighted by molar-refractivity contribution is -0.147. The topological polar surface area (TPSA) is 115 Å². The average Bonchev–Trinajstić information content (AvgIpc) is 2.75. The Labute approximate surface area is 188 Å². The summed E-state index contributed by atoms with van der Waals surface area (Å²) in [4.78, 5) is 49.6. The number of amides is 1. The molecule has 0 saturated heterocycles. The lowest BCUT2D eigenvalue weighted by Gasteiger charge is -2.27. The minimum atomic E-state index is -1.35. The summed E-state index contributed by atoms with van der Waals surface area (Å²) in [6, 6.07) is 0.309. The number of hydrogen-bond acceptors (Lipinski definition) is 5. The fourth-order valence-electron chi connectivity index (χ4n) is 4.96. The Kier molecular flexibility index (Phi) is 8.47. The number of aryl methyl sites for hydroxylation is 1. The molecule has 0 radical (unpaired) electrons. The number of aliphatic carboxylic acids is 1. The van der Waals surface area contributed by atoms with Crippen molar-refractivity contribution in [2.24, 2.45) is 5.92 Å². The van der Waals surface area contributed by atoms with Crippen LogP contribution in [0, 0.1) is 5.92 Å². The number of ether oxygens (including phenoxy) is 1. The van der Waals surface area contributed by atoms with Crippen LogP contribution >= 0.6 is 0 Å². The number of carbonyl (C=O) groups excluding carboxylic acids is 2. The fourth-order valence-corrected chi connectivity index (χ4v) is 4.96. The molecular formula is C24H34N2O6. The van der Waals surface area contributed by atoms with Crippen LogP contribution in [-0.2, 0) is 33.7 Å². The molecule has 1 saturated carbocycles. The Morgan fingerprint density at radius 2 is 1.75 bits per heavy atom. The first-order valence-corrected chi connectivity index (χ1v) is 11.8. The highest BCUT2D eigenvalue weighted by Gasteiger charge is 2.28. The Morgan fingerprint density at radius 3 is 2.41 bits per heavy atom. The van der Waals surface area contributed by atoms with Crippen molar-refractivity contribution < 1.29 is 24.2 Å². The zero-order valence-electron chi connectivity index (χ0n) is 18.9. The van der Waals surface area contributed by atoms with Gasteiger partial charge in [0.2, 0.25) is 0 Å². The number of carboxylic acid groups (broad SMARTS) is 1. The summed E-state index contributed by atoms with van der Waals surface area (Å²) in [6.07, 6.45) is 11.0. The molecule has 1 amide bonds. The standard InChI is InChI=1S/C24H34N2O6/c1-32-24(31)19(14-21(27)28)25-22(29)18-13-17-11-7-2-3-8-12-20(17)26(23(18)30)15-16-9-5-4-6-10-16/h13,16,19H,2-12,14-15H2,1H3,(H,25,29)(H,27,28). The fraction of sp³-hybridized carbons (Fsp3) is 0.667. The number of aromatic nitrogens is 1. The van der Waals surface area contributed by atoms with Crippen LogP contribution in [0.3, 0.4) is 0 Å². The molecule has 8 heteroatoms. The molecule has 3 rings (SSSR count). The van der Waals surface area contributed by atoms with Crippen LogP contribution in [0.15, 0.2) is 10.9 Å². The highest BCUT2D eigenvalue weighted by Crippen LogP contribution is 2.27. The lowest BCUT2D eigenvalue weighted by Crippen LogP contribution is -2.45. The minimum absolute atomic E-state index is 0.0283. The van der Waals surface area contributed by atoms with E-state index in [0.717, 1.165) is 82.6 Å². The van der Waals surface area contributed by atoms with Crippen LogP contribution in [0.25, 0.3) is 0 Å². The second-order valence-electron chi connectivity index (χ2n) is 9.01. The normalized spacial score (nSPS) is 18.0. The summed E-state index contributed by atoms with van der Waals surface area (Å²) >= 11 is 0. The van der Waals surface area contributed by atoms with Gasteiger partial charge < -0.3 is 19.7 Å². The van der Waals surface area contributed by atoms with E-state index in [9.17, 15) is 19.2 Å². The number of nitrogens with zero attached hydrogens (tertiary/aromatic N) is 1. The van der Waals surface area contributed by atoms with Crippen LogP contribution in [0.5, 0.6) is 0 Å². The zero-order valence-corrected chi connectivity index (χ0v) is 18.9. The number of rotatable bonds is 7. The van der Waals surface area contributed by atoms with Crippen LogP contribution in [0.4, 0.5) is 0 Å². The SMILES string of the molecule is COC(=O)C(CC(=O)O)NC(=O)c1cc2c(n(CC3CCCCC3)c1=O)CCCCCC2. The van der Waals surface area contributed by atoms with Gasteiger partial charge in [0.1, 0.15) is 11.6 Å². The second-order valence-corrected chi connectivity index (χ2v) is 9.01. The third-order valence-electron chi connectivity index (χ3n) is 6.68. The second kappa shape index (κ2) is 11.3. The third-order valence-corrected chi connectivity index (χ3v) is 6.68. The van der Waals surface area contributed by atoms with Crippen molar-refractivity contribution in [1.29, 1.82) is 0 Å². The van der Waals surface area contributed by atoms with Crippen LogP contribution in [0.2, 0.25) is 0 Å². The molecule has 1 unspecified atom stereocenters. The number of nitrogens with one attached hydrogen (secondary N) is 1. The van der Waals surface area contributed by atoms with Crippen LogP contribution in [-0.4, -0.2) is 40.7 Å². The molecule has 1 aromatic heterocycles. The molecule has 1 heterocycles. The van der Waals surface area contributed by atoms with E-state index in [4.69, 9.17) is 5.11 Å². The molecule has 8 nitrogen and oxygen atoms in total. The Hall–Kier alpha value is -2.64. The first-order chi connectivity index (χ1) is 15.4. The lowest BCUT2D eigenvalue weighted by atomic mass is 9.88. The molecular weight excluding hydrogens is 412 g/mol. The molecule has 0 aromatic carbocycles. The van der Waals surface area contributed by atoms with Gasteiger partial charge in [0.15, 0.2) is 0 Å². The highest BCUT2D eigenvalue weighted by molar-refractivity contribution is 5.97. The first-order valence-electron chi connectivity index (χ1n) is 11.8. The molecule has 0 bridgehead atoms. The van der Waals surface area contributed by atoms with E-state index in [1.807, 2.05) is 0 Å². The van der Waals surface area contributed by atoms with E-state index in [0.29, 0.717) is 12.5 Å². The molecule has 32 heavy (non-hydrogen) atoms. The Bertz CT molecular complexity index is 900. The number of methoxy groups -OCH3 is 1. The van der Waals surface area contributed by atoms with E-state index >= 15 is 0 Å². The molecule has 2 aliphatic rings. The number of carbonyl (C=O) groups is 3. The summed E-state index contributed by atoms with van der Waals surface area (Å²) < 4.78 is 6.43. The van der Waals surface area contributed by atoms with Gasteiger partial charge in [-0.2, -0.15) is 0 Å². The summed E-state index contributed by atoms with van der Waals surface area (Å²) in [6.45, 7) is 0.609. The molecule has 1 atom stereocenters. The van der Waals surface area contributed by atoms with E-state index < -0.39 is 30.3 Å². The van der Waals surface area contributed by atoms with Gasteiger partial charge >= 0.3 is 11.9 Å². The van der Waals surface area contributed by atoms with Crippen molar-refractivity contribution >= 4 is 17.8 Å². The maximum absolute atomic E-state index is 13.5. The smallest absolute Gasteiger partial charge is 0.328 e. The summed E-state index contributed by atoms with van der Waals surface area (Å²) in [7, 11) is 1.13. The van der Waals surface area contributed by atoms with Gasteiger partial charge in [-0.15, -0.1) is 0 Å². The molecule has 2 aliphatic carbocycles. The summed E-state index contributed by atoms with van der Waals surface area (Å²) in [5.41, 5.74) is 1.66. The molecule has 2 N–H and O–H groups in total. The van der Waals surface area contributed by atoms with Crippen LogP contribution < -0.4 is 10.9 Å². The summed E-state index contributed by atoms with van der Waals surface area (Å²) in [5, 5.41) is 11.5. The number of hydrogen-bond donors (Lipinski definition) is 2. The molecule has 0 aliphatic heterocycles. The van der Waals surface area contributed by atoms with Crippen LogP contribution in [0.1, 0.15) is 85.8 Å². The predicted molar refractivity (Wildman–Crippen MR) is 119 cm³/mol. The van der Waals surface area contributed by atoms with Gasteiger partial charge in [-0.3, -0.25) is 14.4 Å². The van der Waals surface area contributed by atoms with E-state index in [2.05, 4.69) is 10.1 Å². The number of pyridine rings is 1. The van der Waals surface area contributed by atoms with Gasteiger partial charge in [0.05, 0.1) is 13.5 Å². The quantitative estimate of drug-likeness (QED) is 0.623. The number of fused-ring (bicyclic) bond motifs is 1. The zero-order chi connectivity index (χ0) is 23.1. The van der Waals surface area contributed by atoms with E-state index in [1.165, 1.54) is 6.42 Å². The monoisotopic (exact) mass is 446 g/mol. The van der Waals surface area contributed by atoms with E-state index in [1.54, 1.807) is 10.6 Å². The Morgan fingerprint density at radius 1 is 1.09 bits per heavy atom. The number of esters is 1. The number of carboxylic acids is 1. The third kappa shape index (κ3) is 5.99. The maximum atomic E-state index is 13.5. The van der Waals surface area contributed by atoms with Crippen molar-refractivity contribution in [1.82, 2.24) is 9.88 Å². The molecule has 0 spiro atoms. The Balaban J connectivity index is 1.97. The highest BCUT2D eigenvalue weighted by atomic mass is 16.5. The van der Waals surface area contributed by atoms with Crippen molar-refractivity contribution in [2.75, 3.05) is 7.11 Å².